The highest BCUT2D eigenvalue weighted by Gasteiger charge is 2.44. The molecule has 12 heteroatoms. The van der Waals surface area contributed by atoms with Crippen LogP contribution in [0.3, 0.4) is 0 Å². The maximum atomic E-state index is 13.7. The highest BCUT2D eigenvalue weighted by molar-refractivity contribution is 6.00. The Kier molecular flexibility index (Phi) is 7.53. The second kappa shape index (κ2) is 10.4. The maximum Gasteiger partial charge on any atom is 0.573 e. The van der Waals surface area contributed by atoms with Crippen LogP contribution >= 0.6 is 0 Å². The molecule has 1 aliphatic heterocycles. The monoisotopic (exact) mass is 553 g/mol. The third-order valence-corrected chi connectivity index (χ3v) is 6.35. The van der Waals surface area contributed by atoms with Crippen LogP contribution in [-0.2, 0) is 16.5 Å². The van der Waals surface area contributed by atoms with Crippen molar-refractivity contribution in [2.75, 3.05) is 12.0 Å². The number of halogens is 6. The maximum absolute atomic E-state index is 13.7. The fraction of sp³-hybridized carbons (Fsp3) is 0.333. The van der Waals surface area contributed by atoms with Crippen molar-refractivity contribution >= 4 is 11.6 Å². The topological polar surface area (TPSA) is 63.7 Å². The van der Waals surface area contributed by atoms with E-state index >= 15 is 0 Å². The molecule has 208 valence electrons. The van der Waals surface area contributed by atoms with Crippen LogP contribution in [0.2, 0.25) is 0 Å². The molecule has 4 rings (SSSR count). The number of ether oxygens (including phenoxy) is 2. The molecule has 0 aliphatic carbocycles. The molecule has 1 saturated heterocycles. The Bertz CT molecular complexity index is 1330. The van der Waals surface area contributed by atoms with E-state index in [1.54, 1.807) is 38.1 Å². The Balaban J connectivity index is 1.67. The minimum absolute atomic E-state index is 0.0927. The zero-order valence-electron chi connectivity index (χ0n) is 21.1. The van der Waals surface area contributed by atoms with Gasteiger partial charge >= 0.3 is 12.5 Å². The van der Waals surface area contributed by atoms with E-state index in [1.165, 1.54) is 36.3 Å². The Hall–Kier alpha value is -3.80. The molecular weight excluding hydrogens is 528 g/mol. The molecule has 2 atom stereocenters. The van der Waals surface area contributed by atoms with Crippen molar-refractivity contribution in [3.63, 3.8) is 0 Å². The average Bonchev–Trinajstić information content (AvgIpc) is 3.18. The Morgan fingerprint density at radius 2 is 1.54 bits per heavy atom. The van der Waals surface area contributed by atoms with Gasteiger partial charge in [0, 0.05) is 5.69 Å². The normalized spacial score (nSPS) is 18.4. The number of pyridine rings is 1. The molecule has 39 heavy (non-hydrogen) atoms. The summed E-state index contributed by atoms with van der Waals surface area (Å²) >= 11 is 0. The van der Waals surface area contributed by atoms with Gasteiger partial charge in [0.05, 0.1) is 30.4 Å². The van der Waals surface area contributed by atoms with Crippen molar-refractivity contribution in [3.05, 3.63) is 83.7 Å². The molecule has 0 spiro atoms. The van der Waals surface area contributed by atoms with Gasteiger partial charge in [0.25, 0.3) is 0 Å². The quantitative estimate of drug-likeness (QED) is 0.344. The van der Waals surface area contributed by atoms with Crippen LogP contribution in [0.1, 0.15) is 43.3 Å². The number of anilines is 1. The first-order valence-electron chi connectivity index (χ1n) is 11.8. The SMILES string of the molecule is COc1cccc([C@H]2C[C@@H](NC(C)(C)c3cccc(C(F)(F)F)n3)C(=O)N2c2ccc(OC(F)(F)F)cc2)c1. The number of carbonyl (C=O) groups is 1. The lowest BCUT2D eigenvalue weighted by Crippen LogP contribution is -2.48. The zero-order chi connectivity index (χ0) is 28.6. The molecule has 1 fully saturated rings. The second-order valence-corrected chi connectivity index (χ2v) is 9.51. The van der Waals surface area contributed by atoms with Crippen LogP contribution in [-0.4, -0.2) is 30.4 Å². The number of aromatic nitrogens is 1. The predicted molar refractivity (Wildman–Crippen MR) is 130 cm³/mol. The molecule has 1 N–H and O–H groups in total. The molecule has 3 aromatic rings. The summed E-state index contributed by atoms with van der Waals surface area (Å²) in [6.07, 6.45) is -9.28. The second-order valence-electron chi connectivity index (χ2n) is 9.51. The van der Waals surface area contributed by atoms with Crippen molar-refractivity contribution < 1.29 is 40.6 Å². The summed E-state index contributed by atoms with van der Waals surface area (Å²) in [7, 11) is 1.49. The molecule has 6 nitrogen and oxygen atoms in total. The summed E-state index contributed by atoms with van der Waals surface area (Å²) in [4.78, 5) is 18.9. The van der Waals surface area contributed by atoms with Gasteiger partial charge in [-0.05, 0) is 74.4 Å². The van der Waals surface area contributed by atoms with Gasteiger partial charge in [0.15, 0.2) is 0 Å². The summed E-state index contributed by atoms with van der Waals surface area (Å²) in [5.74, 6) is -0.312. The summed E-state index contributed by atoms with van der Waals surface area (Å²) in [5, 5.41) is 3.14. The van der Waals surface area contributed by atoms with E-state index in [0.29, 0.717) is 17.0 Å². The lowest BCUT2D eigenvalue weighted by Gasteiger charge is -2.29. The molecule has 0 unspecified atom stereocenters. The molecule has 1 aliphatic rings. The third-order valence-electron chi connectivity index (χ3n) is 6.35. The minimum Gasteiger partial charge on any atom is -0.497 e. The van der Waals surface area contributed by atoms with Crippen LogP contribution in [0, 0.1) is 0 Å². The van der Waals surface area contributed by atoms with E-state index in [1.807, 2.05) is 0 Å². The van der Waals surface area contributed by atoms with E-state index in [-0.39, 0.29) is 12.1 Å². The van der Waals surface area contributed by atoms with E-state index in [4.69, 9.17) is 4.74 Å². The first-order chi connectivity index (χ1) is 18.2. The number of benzene rings is 2. The molecule has 1 amide bonds. The van der Waals surface area contributed by atoms with E-state index < -0.39 is 47.5 Å². The van der Waals surface area contributed by atoms with Crippen molar-refractivity contribution in [2.24, 2.45) is 0 Å². The van der Waals surface area contributed by atoms with Gasteiger partial charge < -0.3 is 14.4 Å². The number of carbonyl (C=O) groups excluding carboxylic acids is 1. The lowest BCUT2D eigenvalue weighted by molar-refractivity contribution is -0.274. The fourth-order valence-corrected chi connectivity index (χ4v) is 4.57. The van der Waals surface area contributed by atoms with Crippen LogP contribution in [0.15, 0.2) is 66.7 Å². The van der Waals surface area contributed by atoms with Crippen molar-refractivity contribution in [3.8, 4) is 11.5 Å². The number of amides is 1. The van der Waals surface area contributed by atoms with Gasteiger partial charge in [-0.2, -0.15) is 13.2 Å². The van der Waals surface area contributed by atoms with E-state index in [0.717, 1.165) is 18.2 Å². The summed E-state index contributed by atoms with van der Waals surface area (Å²) in [6.45, 7) is 3.24. The lowest BCUT2D eigenvalue weighted by atomic mass is 9.96. The van der Waals surface area contributed by atoms with Crippen molar-refractivity contribution in [1.82, 2.24) is 10.3 Å². The predicted octanol–water partition coefficient (Wildman–Crippen LogP) is 6.38. The van der Waals surface area contributed by atoms with Crippen molar-refractivity contribution in [1.29, 1.82) is 0 Å². The molecule has 0 radical (unpaired) electrons. The number of hydrogen-bond acceptors (Lipinski definition) is 5. The van der Waals surface area contributed by atoms with Crippen LogP contribution in [0.5, 0.6) is 11.5 Å². The summed E-state index contributed by atoms with van der Waals surface area (Å²) in [5.41, 5.74) is -1.07. The van der Waals surface area contributed by atoms with Crippen LogP contribution in [0.4, 0.5) is 32.0 Å². The zero-order valence-corrected chi connectivity index (χ0v) is 21.1. The number of rotatable bonds is 7. The molecule has 2 heterocycles. The number of alkyl halides is 6. The Morgan fingerprint density at radius 1 is 0.897 bits per heavy atom. The van der Waals surface area contributed by atoms with Gasteiger partial charge in [0.2, 0.25) is 5.91 Å². The molecular formula is C27H25F6N3O3. The third kappa shape index (κ3) is 6.44. The van der Waals surface area contributed by atoms with Gasteiger partial charge in [-0.1, -0.05) is 18.2 Å². The largest absolute Gasteiger partial charge is 0.573 e. The van der Waals surface area contributed by atoms with Crippen molar-refractivity contribution in [2.45, 2.75) is 50.4 Å². The highest BCUT2D eigenvalue weighted by Crippen LogP contribution is 2.40. The Labute approximate surface area is 220 Å². The first kappa shape index (κ1) is 28.2. The van der Waals surface area contributed by atoms with Gasteiger partial charge in [-0.25, -0.2) is 4.98 Å². The van der Waals surface area contributed by atoms with E-state index in [2.05, 4.69) is 15.0 Å². The van der Waals surface area contributed by atoms with Gasteiger partial charge in [0.1, 0.15) is 17.2 Å². The number of nitrogens with zero attached hydrogens (tertiary/aromatic N) is 2. The minimum atomic E-state index is -4.87. The summed E-state index contributed by atoms with van der Waals surface area (Å²) < 4.78 is 86.9. The van der Waals surface area contributed by atoms with Gasteiger partial charge in [-0.15, -0.1) is 13.2 Å². The van der Waals surface area contributed by atoms with E-state index in [9.17, 15) is 31.1 Å². The standard InChI is InChI=1S/C27H25F6N3O3/c1-25(2,22-8-5-9-23(34-22)26(28,29)30)35-20-15-21(16-6-4-7-19(14-16)38-3)36(24(20)37)17-10-12-18(13-11-17)39-27(31,32)33/h4-14,20-21,35H,15H2,1-3H3/t20-,21-/m1/s1. The van der Waals surface area contributed by atoms with Crippen LogP contribution in [0.25, 0.3) is 0 Å². The molecule has 1 aromatic heterocycles. The van der Waals surface area contributed by atoms with Gasteiger partial charge in [-0.3, -0.25) is 10.1 Å². The number of nitrogens with one attached hydrogen (secondary N) is 1. The molecule has 2 aromatic carbocycles. The Morgan fingerprint density at radius 3 is 2.15 bits per heavy atom. The van der Waals surface area contributed by atoms with Crippen LogP contribution < -0.4 is 19.7 Å². The fourth-order valence-electron chi connectivity index (χ4n) is 4.57. The summed E-state index contributed by atoms with van der Waals surface area (Å²) in [6, 6.07) is 14.1. The highest BCUT2D eigenvalue weighted by atomic mass is 19.4. The number of hydrogen-bond donors (Lipinski definition) is 1. The number of methoxy groups -OCH3 is 1. The smallest absolute Gasteiger partial charge is 0.497 e. The average molecular weight is 554 g/mol. The molecule has 0 saturated carbocycles. The first-order valence-corrected chi connectivity index (χ1v) is 11.8. The molecule has 0 bridgehead atoms.